The Morgan fingerprint density at radius 3 is 2.26 bits per heavy atom. The van der Waals surface area contributed by atoms with Crippen molar-refractivity contribution in [3.8, 4) is 0 Å². The van der Waals surface area contributed by atoms with Crippen LogP contribution in [0.5, 0.6) is 0 Å². The van der Waals surface area contributed by atoms with Gasteiger partial charge in [0.25, 0.3) is 0 Å². The molecule has 7 heteroatoms. The van der Waals surface area contributed by atoms with Crippen LogP contribution in [0.4, 0.5) is 13.2 Å². The summed E-state index contributed by atoms with van der Waals surface area (Å²) in [5.74, 6) is -0.550. The summed E-state index contributed by atoms with van der Waals surface area (Å²) in [6, 6.07) is 6.51. The SMILES string of the molecule is Cl.NCCCCCCC(=O)NC(Cc1ccccc1)C(F)(F)F. The molecule has 1 atom stereocenters. The van der Waals surface area contributed by atoms with Gasteiger partial charge in [0.15, 0.2) is 0 Å². The van der Waals surface area contributed by atoms with Crippen molar-refractivity contribution in [2.75, 3.05) is 6.54 Å². The van der Waals surface area contributed by atoms with Gasteiger partial charge in [-0.05, 0) is 24.9 Å². The van der Waals surface area contributed by atoms with E-state index in [1.807, 2.05) is 0 Å². The van der Waals surface area contributed by atoms with Crippen molar-refractivity contribution in [3.63, 3.8) is 0 Å². The molecule has 0 aliphatic rings. The molecule has 0 aliphatic heterocycles. The molecular formula is C16H24ClF3N2O. The first-order valence-corrected chi connectivity index (χ1v) is 7.53. The second-order valence-electron chi connectivity index (χ2n) is 5.30. The van der Waals surface area contributed by atoms with E-state index >= 15 is 0 Å². The van der Waals surface area contributed by atoms with Crippen LogP contribution in [0.3, 0.4) is 0 Å². The average Bonchev–Trinajstić information content (AvgIpc) is 2.46. The number of hydrogen-bond donors (Lipinski definition) is 2. The molecule has 0 saturated carbocycles. The molecule has 0 aromatic heterocycles. The lowest BCUT2D eigenvalue weighted by atomic mass is 10.0. The Hall–Kier alpha value is -1.27. The van der Waals surface area contributed by atoms with Gasteiger partial charge in [-0.25, -0.2) is 0 Å². The molecule has 1 unspecified atom stereocenters. The maximum atomic E-state index is 13.0. The van der Waals surface area contributed by atoms with Crippen molar-refractivity contribution in [2.45, 2.75) is 50.7 Å². The topological polar surface area (TPSA) is 55.1 Å². The summed E-state index contributed by atoms with van der Waals surface area (Å²) in [5, 5.41) is 2.11. The first-order valence-electron chi connectivity index (χ1n) is 7.53. The van der Waals surface area contributed by atoms with E-state index in [4.69, 9.17) is 5.73 Å². The first-order chi connectivity index (χ1) is 10.4. The van der Waals surface area contributed by atoms with Crippen LogP contribution in [0.15, 0.2) is 30.3 Å². The van der Waals surface area contributed by atoms with E-state index in [1.54, 1.807) is 30.3 Å². The number of carbonyl (C=O) groups excluding carboxylic acids is 1. The molecule has 23 heavy (non-hydrogen) atoms. The average molecular weight is 353 g/mol. The van der Waals surface area contributed by atoms with Crippen LogP contribution in [0.1, 0.15) is 37.7 Å². The predicted molar refractivity (Wildman–Crippen MR) is 87.5 cm³/mol. The summed E-state index contributed by atoms with van der Waals surface area (Å²) in [5.41, 5.74) is 5.90. The van der Waals surface area contributed by atoms with Crippen molar-refractivity contribution in [2.24, 2.45) is 5.73 Å². The highest BCUT2D eigenvalue weighted by atomic mass is 35.5. The molecule has 0 aliphatic carbocycles. The van der Waals surface area contributed by atoms with Gasteiger partial charge in [-0.2, -0.15) is 13.2 Å². The largest absolute Gasteiger partial charge is 0.408 e. The van der Waals surface area contributed by atoms with Crippen molar-refractivity contribution in [3.05, 3.63) is 35.9 Å². The van der Waals surface area contributed by atoms with E-state index in [-0.39, 0.29) is 25.2 Å². The Labute approximate surface area is 141 Å². The highest BCUT2D eigenvalue weighted by Crippen LogP contribution is 2.23. The lowest BCUT2D eigenvalue weighted by Crippen LogP contribution is -2.46. The summed E-state index contributed by atoms with van der Waals surface area (Å²) >= 11 is 0. The van der Waals surface area contributed by atoms with Crippen molar-refractivity contribution in [1.29, 1.82) is 0 Å². The summed E-state index contributed by atoms with van der Waals surface area (Å²) in [6.45, 7) is 0.597. The molecule has 1 aromatic rings. The lowest BCUT2D eigenvalue weighted by Gasteiger charge is -2.21. The fourth-order valence-corrected chi connectivity index (χ4v) is 2.15. The Bertz CT molecular complexity index is 441. The molecule has 1 amide bonds. The minimum absolute atomic E-state index is 0. The Morgan fingerprint density at radius 1 is 1.09 bits per heavy atom. The highest BCUT2D eigenvalue weighted by molar-refractivity contribution is 5.85. The normalized spacial score (nSPS) is 12.3. The Kier molecular flexibility index (Phi) is 10.7. The van der Waals surface area contributed by atoms with Gasteiger partial charge in [0, 0.05) is 12.8 Å². The molecule has 3 N–H and O–H groups in total. The fraction of sp³-hybridized carbons (Fsp3) is 0.562. The highest BCUT2D eigenvalue weighted by Gasteiger charge is 2.40. The van der Waals surface area contributed by atoms with E-state index in [0.29, 0.717) is 18.5 Å². The van der Waals surface area contributed by atoms with Crippen LogP contribution in [0.25, 0.3) is 0 Å². The number of alkyl halides is 3. The fourth-order valence-electron chi connectivity index (χ4n) is 2.15. The van der Waals surface area contributed by atoms with Crippen LogP contribution in [-0.2, 0) is 11.2 Å². The standard InChI is InChI=1S/C16H23F3N2O.ClH/c17-16(18,19)14(12-13-8-4-3-5-9-13)21-15(22)10-6-1-2-7-11-20;/h3-5,8-9,14H,1-2,6-7,10-12,20H2,(H,21,22);1H. The van der Waals surface area contributed by atoms with Crippen molar-refractivity contribution in [1.82, 2.24) is 5.32 Å². The van der Waals surface area contributed by atoms with Gasteiger partial charge in [-0.3, -0.25) is 4.79 Å². The monoisotopic (exact) mass is 352 g/mol. The Balaban J connectivity index is 0.00000484. The third-order valence-electron chi connectivity index (χ3n) is 3.37. The summed E-state index contributed by atoms with van der Waals surface area (Å²) < 4.78 is 39.1. The lowest BCUT2D eigenvalue weighted by molar-refractivity contribution is -0.161. The maximum absolute atomic E-state index is 13.0. The van der Waals surface area contributed by atoms with E-state index in [0.717, 1.165) is 19.3 Å². The number of unbranched alkanes of at least 4 members (excludes halogenated alkanes) is 3. The van der Waals surface area contributed by atoms with Crippen LogP contribution in [-0.4, -0.2) is 24.7 Å². The molecule has 1 rings (SSSR count). The molecule has 0 heterocycles. The number of amides is 1. The smallest absolute Gasteiger partial charge is 0.344 e. The molecule has 0 spiro atoms. The van der Waals surface area contributed by atoms with E-state index < -0.39 is 18.1 Å². The molecule has 0 bridgehead atoms. The van der Waals surface area contributed by atoms with Crippen LogP contribution < -0.4 is 11.1 Å². The molecule has 0 saturated heterocycles. The number of nitrogens with one attached hydrogen (secondary N) is 1. The number of nitrogens with two attached hydrogens (primary N) is 1. The van der Waals surface area contributed by atoms with Gasteiger partial charge in [-0.15, -0.1) is 12.4 Å². The number of rotatable bonds is 9. The van der Waals surface area contributed by atoms with Crippen LogP contribution in [0, 0.1) is 0 Å². The van der Waals surface area contributed by atoms with Gasteiger partial charge in [0.1, 0.15) is 6.04 Å². The molecular weight excluding hydrogens is 329 g/mol. The van der Waals surface area contributed by atoms with Crippen LogP contribution in [0.2, 0.25) is 0 Å². The number of carbonyl (C=O) groups is 1. The number of benzene rings is 1. The zero-order chi connectivity index (χ0) is 16.4. The Morgan fingerprint density at radius 2 is 1.70 bits per heavy atom. The zero-order valence-corrected chi connectivity index (χ0v) is 13.8. The second-order valence-corrected chi connectivity index (χ2v) is 5.30. The third kappa shape index (κ3) is 9.46. The number of hydrogen-bond acceptors (Lipinski definition) is 2. The van der Waals surface area contributed by atoms with E-state index in [1.165, 1.54) is 0 Å². The van der Waals surface area contributed by atoms with E-state index in [9.17, 15) is 18.0 Å². The second kappa shape index (κ2) is 11.3. The van der Waals surface area contributed by atoms with Gasteiger partial charge in [0.05, 0.1) is 0 Å². The molecule has 132 valence electrons. The van der Waals surface area contributed by atoms with Crippen molar-refractivity contribution >= 4 is 18.3 Å². The van der Waals surface area contributed by atoms with Gasteiger partial charge in [-0.1, -0.05) is 43.2 Å². The summed E-state index contributed by atoms with van der Waals surface area (Å²) in [4.78, 5) is 11.7. The molecule has 0 fully saturated rings. The molecule has 3 nitrogen and oxygen atoms in total. The minimum atomic E-state index is -4.45. The first kappa shape index (κ1) is 21.7. The predicted octanol–water partition coefficient (Wildman–Crippen LogP) is 3.61. The van der Waals surface area contributed by atoms with Gasteiger partial charge < -0.3 is 11.1 Å². The molecule has 0 radical (unpaired) electrons. The van der Waals surface area contributed by atoms with E-state index in [2.05, 4.69) is 5.32 Å². The van der Waals surface area contributed by atoms with Crippen molar-refractivity contribution < 1.29 is 18.0 Å². The maximum Gasteiger partial charge on any atom is 0.408 e. The van der Waals surface area contributed by atoms with Crippen LogP contribution >= 0.6 is 12.4 Å². The molecule has 1 aromatic carbocycles. The van der Waals surface area contributed by atoms with Gasteiger partial charge in [0.2, 0.25) is 5.91 Å². The minimum Gasteiger partial charge on any atom is -0.344 e. The third-order valence-corrected chi connectivity index (χ3v) is 3.37. The summed E-state index contributed by atoms with van der Waals surface area (Å²) in [7, 11) is 0. The van der Waals surface area contributed by atoms with Gasteiger partial charge >= 0.3 is 6.18 Å². The quantitative estimate of drug-likeness (QED) is 0.667. The summed E-state index contributed by atoms with van der Waals surface area (Å²) in [6.07, 6.45) is -1.42. The zero-order valence-electron chi connectivity index (χ0n) is 12.9. The number of halogens is 4.